The van der Waals surface area contributed by atoms with Crippen molar-refractivity contribution in [1.29, 1.82) is 0 Å². The SMILES string of the molecule is O=[N+]([O-])c1cc(F)c(NC2CCN3CCCC23)c(F)c1. The Morgan fingerprint density at radius 3 is 2.60 bits per heavy atom. The summed E-state index contributed by atoms with van der Waals surface area (Å²) in [6.45, 7) is 1.96. The van der Waals surface area contributed by atoms with Crippen LogP contribution < -0.4 is 5.32 Å². The van der Waals surface area contributed by atoms with Gasteiger partial charge in [0.05, 0.1) is 17.1 Å². The largest absolute Gasteiger partial charge is 0.376 e. The third-order valence-corrected chi connectivity index (χ3v) is 4.17. The van der Waals surface area contributed by atoms with E-state index < -0.39 is 22.2 Å². The zero-order chi connectivity index (χ0) is 14.3. The maximum atomic E-state index is 13.8. The average molecular weight is 283 g/mol. The topological polar surface area (TPSA) is 58.4 Å². The molecule has 2 saturated heterocycles. The molecule has 1 aromatic rings. The summed E-state index contributed by atoms with van der Waals surface area (Å²) in [4.78, 5) is 12.1. The molecular weight excluding hydrogens is 268 g/mol. The van der Waals surface area contributed by atoms with E-state index in [0.29, 0.717) is 6.04 Å². The highest BCUT2D eigenvalue weighted by molar-refractivity contribution is 5.52. The van der Waals surface area contributed by atoms with Gasteiger partial charge in [0.15, 0.2) is 11.6 Å². The van der Waals surface area contributed by atoms with E-state index in [2.05, 4.69) is 10.2 Å². The van der Waals surface area contributed by atoms with E-state index in [-0.39, 0.29) is 11.7 Å². The second kappa shape index (κ2) is 4.97. The van der Waals surface area contributed by atoms with E-state index in [9.17, 15) is 18.9 Å². The summed E-state index contributed by atoms with van der Waals surface area (Å²) >= 11 is 0. The molecule has 2 aliphatic rings. The van der Waals surface area contributed by atoms with Crippen LogP contribution in [0.1, 0.15) is 19.3 Å². The van der Waals surface area contributed by atoms with Gasteiger partial charge in [-0.25, -0.2) is 8.78 Å². The molecule has 108 valence electrons. The average Bonchev–Trinajstić information content (AvgIpc) is 2.97. The number of benzene rings is 1. The minimum atomic E-state index is -0.909. The zero-order valence-corrected chi connectivity index (χ0v) is 10.8. The van der Waals surface area contributed by atoms with Crippen molar-refractivity contribution >= 4 is 11.4 Å². The van der Waals surface area contributed by atoms with Crippen molar-refractivity contribution in [3.8, 4) is 0 Å². The molecule has 7 heteroatoms. The van der Waals surface area contributed by atoms with Gasteiger partial charge in [0, 0.05) is 18.6 Å². The van der Waals surface area contributed by atoms with Crippen molar-refractivity contribution in [2.75, 3.05) is 18.4 Å². The molecule has 3 rings (SSSR count). The number of nitrogens with zero attached hydrogens (tertiary/aromatic N) is 2. The number of hydrogen-bond donors (Lipinski definition) is 1. The van der Waals surface area contributed by atoms with E-state index in [1.807, 2.05) is 0 Å². The van der Waals surface area contributed by atoms with E-state index >= 15 is 0 Å². The Labute approximate surface area is 114 Å². The van der Waals surface area contributed by atoms with Crippen LogP contribution in [0, 0.1) is 21.7 Å². The van der Waals surface area contributed by atoms with Crippen LogP contribution in [0.3, 0.4) is 0 Å². The lowest BCUT2D eigenvalue weighted by molar-refractivity contribution is -0.385. The molecule has 20 heavy (non-hydrogen) atoms. The van der Waals surface area contributed by atoms with Crippen molar-refractivity contribution < 1.29 is 13.7 Å². The lowest BCUT2D eigenvalue weighted by Crippen LogP contribution is -2.34. The van der Waals surface area contributed by atoms with Crippen LogP contribution in [0.5, 0.6) is 0 Å². The monoisotopic (exact) mass is 283 g/mol. The summed E-state index contributed by atoms with van der Waals surface area (Å²) in [6, 6.07) is 1.83. The fraction of sp³-hybridized carbons (Fsp3) is 0.538. The van der Waals surface area contributed by atoms with Gasteiger partial charge in [-0.1, -0.05) is 0 Å². The molecule has 2 unspecified atom stereocenters. The Kier molecular flexibility index (Phi) is 3.29. The molecular formula is C13H15F2N3O2. The van der Waals surface area contributed by atoms with Gasteiger partial charge < -0.3 is 5.32 Å². The Bertz CT molecular complexity index is 529. The van der Waals surface area contributed by atoms with Crippen LogP contribution in [-0.2, 0) is 0 Å². The lowest BCUT2D eigenvalue weighted by atomic mass is 10.1. The maximum absolute atomic E-state index is 13.8. The molecule has 2 heterocycles. The first-order valence-electron chi connectivity index (χ1n) is 6.70. The van der Waals surface area contributed by atoms with E-state index in [4.69, 9.17) is 0 Å². The standard InChI is InChI=1S/C13H15F2N3O2/c14-9-6-8(18(19)20)7-10(15)13(9)16-11-3-5-17-4-1-2-12(11)17/h6-7,11-12,16H,1-5H2. The second-order valence-electron chi connectivity index (χ2n) is 5.33. The molecule has 5 nitrogen and oxygen atoms in total. The summed E-state index contributed by atoms with van der Waals surface area (Å²) in [5, 5.41) is 13.5. The molecule has 1 aromatic carbocycles. The van der Waals surface area contributed by atoms with Gasteiger partial charge in [-0.2, -0.15) is 0 Å². The van der Waals surface area contributed by atoms with Crippen molar-refractivity contribution in [3.05, 3.63) is 33.9 Å². The quantitative estimate of drug-likeness (QED) is 0.684. The fourth-order valence-corrected chi connectivity index (χ4v) is 3.24. The third-order valence-electron chi connectivity index (χ3n) is 4.17. The first-order valence-corrected chi connectivity index (χ1v) is 6.70. The third kappa shape index (κ3) is 2.22. The molecule has 0 radical (unpaired) electrons. The molecule has 2 atom stereocenters. The summed E-state index contributed by atoms with van der Waals surface area (Å²) in [7, 11) is 0. The van der Waals surface area contributed by atoms with Crippen LogP contribution in [0.15, 0.2) is 12.1 Å². The van der Waals surface area contributed by atoms with Gasteiger partial charge in [-0.05, 0) is 25.8 Å². The van der Waals surface area contributed by atoms with Crippen molar-refractivity contribution in [3.63, 3.8) is 0 Å². The first kappa shape index (κ1) is 13.2. The van der Waals surface area contributed by atoms with E-state index in [1.54, 1.807) is 0 Å². The predicted molar refractivity (Wildman–Crippen MR) is 69.6 cm³/mol. The highest BCUT2D eigenvalue weighted by Gasteiger charge is 2.37. The number of rotatable bonds is 3. The fourth-order valence-electron chi connectivity index (χ4n) is 3.24. The minimum Gasteiger partial charge on any atom is -0.376 e. The summed E-state index contributed by atoms with van der Waals surface area (Å²) < 4.78 is 27.7. The number of halogens is 2. The number of nitro groups is 1. The molecule has 2 fully saturated rings. The number of anilines is 1. The van der Waals surface area contributed by atoms with Gasteiger partial charge >= 0.3 is 0 Å². The highest BCUT2D eigenvalue weighted by Crippen LogP contribution is 2.32. The Morgan fingerprint density at radius 1 is 1.25 bits per heavy atom. The molecule has 0 bridgehead atoms. The predicted octanol–water partition coefficient (Wildman–Crippen LogP) is 2.52. The Morgan fingerprint density at radius 2 is 1.95 bits per heavy atom. The molecule has 2 aliphatic heterocycles. The highest BCUT2D eigenvalue weighted by atomic mass is 19.1. The van der Waals surface area contributed by atoms with Gasteiger partial charge in [-0.3, -0.25) is 15.0 Å². The summed E-state index contributed by atoms with van der Waals surface area (Å²) in [5.41, 5.74) is -0.825. The van der Waals surface area contributed by atoms with Gasteiger partial charge in [0.1, 0.15) is 5.69 Å². The molecule has 0 saturated carbocycles. The first-order chi connectivity index (χ1) is 9.56. The van der Waals surface area contributed by atoms with Crippen LogP contribution in [0.4, 0.5) is 20.2 Å². The van der Waals surface area contributed by atoms with Crippen molar-refractivity contribution in [2.45, 2.75) is 31.3 Å². The normalized spacial score (nSPS) is 25.7. The zero-order valence-electron chi connectivity index (χ0n) is 10.8. The van der Waals surface area contributed by atoms with Gasteiger partial charge in [0.25, 0.3) is 5.69 Å². The van der Waals surface area contributed by atoms with Crippen LogP contribution in [0.25, 0.3) is 0 Å². The Hall–Kier alpha value is -1.76. The van der Waals surface area contributed by atoms with Crippen LogP contribution >= 0.6 is 0 Å². The molecule has 0 spiro atoms. The number of nitrogens with one attached hydrogen (secondary N) is 1. The summed E-state index contributed by atoms with van der Waals surface area (Å²) in [6.07, 6.45) is 2.96. The number of non-ortho nitro benzene ring substituents is 1. The van der Waals surface area contributed by atoms with Gasteiger partial charge in [0.2, 0.25) is 0 Å². The lowest BCUT2D eigenvalue weighted by Gasteiger charge is -2.22. The summed E-state index contributed by atoms with van der Waals surface area (Å²) in [5.74, 6) is -1.82. The minimum absolute atomic E-state index is 0.00274. The molecule has 0 aliphatic carbocycles. The number of hydrogen-bond acceptors (Lipinski definition) is 4. The van der Waals surface area contributed by atoms with Crippen molar-refractivity contribution in [1.82, 2.24) is 4.90 Å². The van der Waals surface area contributed by atoms with Crippen LogP contribution in [-0.4, -0.2) is 35.0 Å². The Balaban J connectivity index is 1.82. The van der Waals surface area contributed by atoms with Crippen molar-refractivity contribution in [2.24, 2.45) is 0 Å². The number of fused-ring (bicyclic) bond motifs is 1. The molecule has 0 amide bonds. The second-order valence-corrected chi connectivity index (χ2v) is 5.33. The van der Waals surface area contributed by atoms with Crippen LogP contribution in [0.2, 0.25) is 0 Å². The van der Waals surface area contributed by atoms with E-state index in [0.717, 1.165) is 44.5 Å². The number of nitro benzene ring substituents is 1. The molecule has 0 aromatic heterocycles. The van der Waals surface area contributed by atoms with Gasteiger partial charge in [-0.15, -0.1) is 0 Å². The smallest absolute Gasteiger partial charge is 0.275 e. The van der Waals surface area contributed by atoms with E-state index in [1.165, 1.54) is 0 Å². The maximum Gasteiger partial charge on any atom is 0.275 e. The molecule has 1 N–H and O–H groups in total.